The van der Waals surface area contributed by atoms with Crippen LogP contribution in [0.25, 0.3) is 17.0 Å². The van der Waals surface area contributed by atoms with Gasteiger partial charge in [-0.05, 0) is 48.9 Å². The van der Waals surface area contributed by atoms with E-state index in [4.69, 9.17) is 23.8 Å². The van der Waals surface area contributed by atoms with E-state index >= 15 is 0 Å². The molecule has 0 aliphatic carbocycles. The Hall–Kier alpha value is -2.86. The highest BCUT2D eigenvalue weighted by Gasteiger charge is 2.33. The number of benzene rings is 3. The van der Waals surface area contributed by atoms with Crippen LogP contribution in [0.2, 0.25) is 5.02 Å². The highest BCUT2D eigenvalue weighted by atomic mass is 35.5. The molecule has 0 unspecified atom stereocenters. The van der Waals surface area contributed by atoms with Crippen molar-refractivity contribution in [2.75, 3.05) is 4.90 Å². The first-order chi connectivity index (χ1) is 15.5. The number of para-hydroxylation sites is 2. The van der Waals surface area contributed by atoms with E-state index < -0.39 is 0 Å². The number of carbonyl (C=O) groups excluding carboxylic acids is 1. The summed E-state index contributed by atoms with van der Waals surface area (Å²) in [6, 6.07) is 25.7. The third-order valence-electron chi connectivity index (χ3n) is 5.62. The summed E-state index contributed by atoms with van der Waals surface area (Å²) < 4.78 is 2.83. The van der Waals surface area contributed by atoms with Crippen molar-refractivity contribution in [1.29, 1.82) is 0 Å². The summed E-state index contributed by atoms with van der Waals surface area (Å²) in [5.41, 5.74) is 5.24. The highest BCUT2D eigenvalue weighted by molar-refractivity contribution is 8.27. The number of hydrogen-bond acceptors (Lipinski definition) is 3. The summed E-state index contributed by atoms with van der Waals surface area (Å²) in [5.74, 6) is -0.0832. The molecule has 4 aromatic rings. The number of fused-ring (bicyclic) bond motifs is 1. The predicted molar refractivity (Wildman–Crippen MR) is 139 cm³/mol. The van der Waals surface area contributed by atoms with Crippen LogP contribution < -0.4 is 4.90 Å². The van der Waals surface area contributed by atoms with Gasteiger partial charge in [0.1, 0.15) is 0 Å². The van der Waals surface area contributed by atoms with Crippen LogP contribution in [-0.4, -0.2) is 14.8 Å². The fourth-order valence-corrected chi connectivity index (χ4v) is 5.42. The van der Waals surface area contributed by atoms with Gasteiger partial charge in [-0.15, -0.1) is 0 Å². The number of thiocarbonyl (C=S) groups is 1. The van der Waals surface area contributed by atoms with Crippen molar-refractivity contribution in [3.05, 3.63) is 106 Å². The molecule has 0 atom stereocenters. The predicted octanol–water partition coefficient (Wildman–Crippen LogP) is 7.06. The lowest BCUT2D eigenvalue weighted by atomic mass is 10.1. The van der Waals surface area contributed by atoms with Crippen molar-refractivity contribution in [2.24, 2.45) is 0 Å². The zero-order chi connectivity index (χ0) is 22.2. The van der Waals surface area contributed by atoms with Gasteiger partial charge in [-0.25, -0.2) is 0 Å². The van der Waals surface area contributed by atoms with Crippen molar-refractivity contribution < 1.29 is 4.79 Å². The second-order valence-corrected chi connectivity index (χ2v) is 9.69. The third kappa shape index (κ3) is 3.77. The monoisotopic (exact) mass is 474 g/mol. The Kier molecular flexibility index (Phi) is 5.64. The van der Waals surface area contributed by atoms with Gasteiger partial charge in [0.05, 0.1) is 10.6 Å². The Morgan fingerprint density at radius 1 is 0.969 bits per heavy atom. The molecule has 0 bridgehead atoms. The van der Waals surface area contributed by atoms with Crippen LogP contribution in [0.5, 0.6) is 0 Å². The maximum Gasteiger partial charge on any atom is 0.270 e. The minimum Gasteiger partial charge on any atom is -0.340 e. The van der Waals surface area contributed by atoms with E-state index in [9.17, 15) is 4.79 Å². The molecule has 158 valence electrons. The highest BCUT2D eigenvalue weighted by Crippen LogP contribution is 2.38. The standard InChI is InChI=1S/C26H19ClN2OS2/c1-17-22(15-24-25(30)29(26(31)32-24)20-7-3-2-4-8-20)21-9-5-6-10-23(21)28(17)16-18-11-13-19(27)14-12-18/h2-15H,16H2,1H3/b24-15+. The summed E-state index contributed by atoms with van der Waals surface area (Å²) in [7, 11) is 0. The Balaban J connectivity index is 1.57. The summed E-state index contributed by atoms with van der Waals surface area (Å²) in [6.07, 6.45) is 1.98. The van der Waals surface area contributed by atoms with Crippen molar-refractivity contribution in [3.63, 3.8) is 0 Å². The molecule has 3 aromatic carbocycles. The van der Waals surface area contributed by atoms with Crippen LogP contribution in [-0.2, 0) is 11.3 Å². The zero-order valence-electron chi connectivity index (χ0n) is 17.3. The smallest absolute Gasteiger partial charge is 0.270 e. The van der Waals surface area contributed by atoms with Crippen LogP contribution in [0.4, 0.5) is 5.69 Å². The van der Waals surface area contributed by atoms with Crippen molar-refractivity contribution in [3.8, 4) is 0 Å². The SMILES string of the molecule is Cc1c(/C=C2/SC(=S)N(c3ccccc3)C2=O)c2ccccc2n1Cc1ccc(Cl)cc1. The molecule has 2 heterocycles. The average molecular weight is 475 g/mol. The van der Waals surface area contributed by atoms with E-state index in [1.165, 1.54) is 17.3 Å². The largest absolute Gasteiger partial charge is 0.340 e. The van der Waals surface area contributed by atoms with Crippen molar-refractivity contribution in [1.82, 2.24) is 4.57 Å². The second kappa shape index (κ2) is 8.58. The summed E-state index contributed by atoms with van der Waals surface area (Å²) in [6.45, 7) is 2.82. The quantitative estimate of drug-likeness (QED) is 0.234. The normalized spacial score (nSPS) is 15.3. The molecule has 1 amide bonds. The van der Waals surface area contributed by atoms with E-state index in [0.717, 1.165) is 39.4 Å². The average Bonchev–Trinajstić information content (AvgIpc) is 3.23. The van der Waals surface area contributed by atoms with Gasteiger partial charge < -0.3 is 4.57 Å². The summed E-state index contributed by atoms with van der Waals surface area (Å²) in [5, 5.41) is 1.84. The number of nitrogens with zero attached hydrogens (tertiary/aromatic N) is 2. The second-order valence-electron chi connectivity index (χ2n) is 7.58. The van der Waals surface area contributed by atoms with Crippen LogP contribution in [0, 0.1) is 6.92 Å². The molecule has 5 rings (SSSR count). The minimum atomic E-state index is -0.0832. The molecule has 0 saturated carbocycles. The van der Waals surface area contributed by atoms with E-state index in [-0.39, 0.29) is 5.91 Å². The molecular weight excluding hydrogens is 456 g/mol. The minimum absolute atomic E-state index is 0.0832. The van der Waals surface area contributed by atoms with Crippen LogP contribution in [0.1, 0.15) is 16.8 Å². The van der Waals surface area contributed by atoms with Gasteiger partial charge in [-0.3, -0.25) is 9.69 Å². The Morgan fingerprint density at radius 3 is 2.41 bits per heavy atom. The first-order valence-corrected chi connectivity index (χ1v) is 11.8. The number of thioether (sulfide) groups is 1. The molecule has 1 aliphatic heterocycles. The summed E-state index contributed by atoms with van der Waals surface area (Å²) in [4.78, 5) is 15.5. The van der Waals surface area contributed by atoms with Crippen molar-refractivity contribution >= 4 is 68.5 Å². The Labute approximate surface area is 201 Å². The van der Waals surface area contributed by atoms with Gasteiger partial charge in [0.15, 0.2) is 4.32 Å². The number of amides is 1. The lowest BCUT2D eigenvalue weighted by molar-refractivity contribution is -0.113. The van der Waals surface area contributed by atoms with E-state index in [0.29, 0.717) is 9.23 Å². The van der Waals surface area contributed by atoms with Gasteiger partial charge in [0.25, 0.3) is 5.91 Å². The van der Waals surface area contributed by atoms with Gasteiger partial charge in [0, 0.05) is 33.7 Å². The van der Waals surface area contributed by atoms with E-state index in [1.807, 2.05) is 72.8 Å². The van der Waals surface area contributed by atoms with Crippen molar-refractivity contribution in [2.45, 2.75) is 13.5 Å². The molecule has 3 nitrogen and oxygen atoms in total. The lowest BCUT2D eigenvalue weighted by Gasteiger charge is -2.13. The molecular formula is C26H19ClN2OS2. The number of rotatable bonds is 4. The fraction of sp³-hybridized carbons (Fsp3) is 0.0769. The third-order valence-corrected chi connectivity index (χ3v) is 7.17. The first kappa shape index (κ1) is 21.0. The number of halogens is 1. The van der Waals surface area contributed by atoms with E-state index in [2.05, 4.69) is 23.6 Å². The summed E-state index contributed by atoms with van der Waals surface area (Å²) >= 11 is 12.9. The molecule has 1 saturated heterocycles. The van der Waals surface area contributed by atoms with Gasteiger partial charge in [-0.1, -0.05) is 84.1 Å². The molecule has 32 heavy (non-hydrogen) atoms. The molecule has 0 spiro atoms. The zero-order valence-corrected chi connectivity index (χ0v) is 19.7. The van der Waals surface area contributed by atoms with Gasteiger partial charge in [0.2, 0.25) is 0 Å². The van der Waals surface area contributed by atoms with Gasteiger partial charge in [-0.2, -0.15) is 0 Å². The molecule has 1 aliphatic rings. The number of aromatic nitrogens is 1. The molecule has 0 N–H and O–H groups in total. The molecule has 6 heteroatoms. The number of hydrogen-bond donors (Lipinski definition) is 0. The van der Waals surface area contributed by atoms with E-state index in [1.54, 1.807) is 4.90 Å². The Bertz CT molecular complexity index is 1370. The van der Waals surface area contributed by atoms with Crippen LogP contribution in [0.3, 0.4) is 0 Å². The molecule has 1 aromatic heterocycles. The molecule has 1 fully saturated rings. The topological polar surface area (TPSA) is 25.2 Å². The Morgan fingerprint density at radius 2 is 1.66 bits per heavy atom. The number of anilines is 1. The van der Waals surface area contributed by atoms with Crippen LogP contribution >= 0.6 is 35.6 Å². The first-order valence-electron chi connectivity index (χ1n) is 10.2. The fourth-order valence-electron chi connectivity index (χ4n) is 4.01. The maximum absolute atomic E-state index is 13.2. The van der Waals surface area contributed by atoms with Crippen LogP contribution in [0.15, 0.2) is 83.8 Å². The molecule has 0 radical (unpaired) electrons. The van der Waals surface area contributed by atoms with Gasteiger partial charge >= 0.3 is 0 Å². The maximum atomic E-state index is 13.2. The number of carbonyl (C=O) groups is 1. The lowest BCUT2D eigenvalue weighted by Crippen LogP contribution is -2.27.